The van der Waals surface area contributed by atoms with Crippen molar-refractivity contribution in [2.24, 2.45) is 0 Å². The van der Waals surface area contributed by atoms with Crippen LogP contribution < -0.4 is 5.32 Å². The van der Waals surface area contributed by atoms with E-state index in [4.69, 9.17) is 0 Å². The van der Waals surface area contributed by atoms with Crippen LogP contribution in [-0.2, 0) is 14.8 Å². The first-order valence-corrected chi connectivity index (χ1v) is 12.6. The predicted molar refractivity (Wildman–Crippen MR) is 125 cm³/mol. The summed E-state index contributed by atoms with van der Waals surface area (Å²) in [5.41, 5.74) is 2.83. The van der Waals surface area contributed by atoms with Gasteiger partial charge < -0.3 is 0 Å². The fourth-order valence-electron chi connectivity index (χ4n) is 3.64. The maximum absolute atomic E-state index is 12.9. The van der Waals surface area contributed by atoms with Gasteiger partial charge >= 0.3 is 0 Å². The van der Waals surface area contributed by atoms with Crippen molar-refractivity contribution in [3.05, 3.63) is 59.7 Å². The predicted octanol–water partition coefficient (Wildman–Crippen LogP) is 2.77. The van der Waals surface area contributed by atoms with Crippen LogP contribution in [0.3, 0.4) is 0 Å². The minimum Gasteiger partial charge on any atom is -0.299 e. The Labute approximate surface area is 191 Å². The fraction of sp³-hybridized carbons (Fsp3) is 0.318. The van der Waals surface area contributed by atoms with Gasteiger partial charge in [-0.3, -0.25) is 15.0 Å². The molecule has 2 aromatic carbocycles. The Bertz CT molecular complexity index is 1220. The van der Waals surface area contributed by atoms with Gasteiger partial charge in [-0.25, -0.2) is 8.42 Å². The molecule has 1 aliphatic rings. The molecule has 2 heterocycles. The van der Waals surface area contributed by atoms with Crippen LogP contribution in [0.25, 0.3) is 10.6 Å². The van der Waals surface area contributed by atoms with E-state index in [0.29, 0.717) is 36.2 Å². The molecule has 1 aromatic heterocycles. The van der Waals surface area contributed by atoms with E-state index in [1.165, 1.54) is 15.6 Å². The van der Waals surface area contributed by atoms with Crippen molar-refractivity contribution < 1.29 is 13.2 Å². The number of anilines is 1. The number of piperazine rings is 1. The highest BCUT2D eigenvalue weighted by Gasteiger charge is 2.30. The molecule has 0 saturated carbocycles. The Kier molecular flexibility index (Phi) is 6.66. The lowest BCUT2D eigenvalue weighted by Crippen LogP contribution is -2.50. The molecular weight excluding hydrogens is 446 g/mol. The molecule has 1 N–H and O–H groups in total. The van der Waals surface area contributed by atoms with Gasteiger partial charge in [0, 0.05) is 31.7 Å². The second kappa shape index (κ2) is 9.45. The van der Waals surface area contributed by atoms with E-state index in [0.717, 1.165) is 21.7 Å². The standard InChI is InChI=1S/C22H25N5O3S2/c1-16-6-5-8-18(14-16)21-24-25-22(31-21)23-20(28)15-26-10-12-27(13-11-26)32(29,30)19-9-4-3-7-17(19)2/h3-9,14H,10-13,15H2,1-2H3,(H,23,25,28). The van der Waals surface area contributed by atoms with Crippen LogP contribution in [0.1, 0.15) is 11.1 Å². The lowest BCUT2D eigenvalue weighted by molar-refractivity contribution is -0.117. The summed E-state index contributed by atoms with van der Waals surface area (Å²) in [6.07, 6.45) is 0. The van der Waals surface area contributed by atoms with Crippen molar-refractivity contribution in [2.45, 2.75) is 18.7 Å². The van der Waals surface area contributed by atoms with E-state index in [2.05, 4.69) is 15.5 Å². The van der Waals surface area contributed by atoms with Gasteiger partial charge in [0.25, 0.3) is 0 Å². The summed E-state index contributed by atoms with van der Waals surface area (Å²) in [4.78, 5) is 14.8. The number of aromatic nitrogens is 2. The van der Waals surface area contributed by atoms with Gasteiger partial charge in [0.1, 0.15) is 5.01 Å². The molecule has 0 spiro atoms. The maximum Gasteiger partial charge on any atom is 0.243 e. The normalized spacial score (nSPS) is 15.6. The molecule has 0 atom stereocenters. The van der Waals surface area contributed by atoms with Crippen LogP contribution >= 0.6 is 11.3 Å². The molecular formula is C22H25N5O3S2. The number of carbonyl (C=O) groups is 1. The second-order valence-electron chi connectivity index (χ2n) is 7.78. The Morgan fingerprint density at radius 3 is 2.50 bits per heavy atom. The molecule has 1 amide bonds. The van der Waals surface area contributed by atoms with Crippen molar-refractivity contribution >= 4 is 32.4 Å². The summed E-state index contributed by atoms with van der Waals surface area (Å²) in [5.74, 6) is -0.188. The van der Waals surface area contributed by atoms with Gasteiger partial charge in [0.2, 0.25) is 21.1 Å². The third-order valence-corrected chi connectivity index (χ3v) is 8.29. The van der Waals surface area contributed by atoms with Crippen molar-refractivity contribution in [3.8, 4) is 10.6 Å². The van der Waals surface area contributed by atoms with Gasteiger partial charge in [-0.2, -0.15) is 4.31 Å². The summed E-state index contributed by atoms with van der Waals surface area (Å²) in [5, 5.41) is 12.2. The number of hydrogen-bond acceptors (Lipinski definition) is 7. The van der Waals surface area contributed by atoms with Crippen LogP contribution in [0.15, 0.2) is 53.4 Å². The zero-order chi connectivity index (χ0) is 22.7. The van der Waals surface area contributed by atoms with Gasteiger partial charge in [0.15, 0.2) is 0 Å². The first-order chi connectivity index (χ1) is 15.3. The molecule has 0 radical (unpaired) electrons. The number of amides is 1. The summed E-state index contributed by atoms with van der Waals surface area (Å²) >= 11 is 1.33. The lowest BCUT2D eigenvalue weighted by atomic mass is 10.1. The summed E-state index contributed by atoms with van der Waals surface area (Å²) < 4.78 is 27.4. The van der Waals surface area contributed by atoms with Crippen LogP contribution in [-0.4, -0.2) is 66.5 Å². The van der Waals surface area contributed by atoms with E-state index in [-0.39, 0.29) is 12.5 Å². The minimum atomic E-state index is -3.53. The maximum atomic E-state index is 12.9. The Morgan fingerprint density at radius 2 is 1.78 bits per heavy atom. The van der Waals surface area contributed by atoms with E-state index in [1.54, 1.807) is 25.1 Å². The minimum absolute atomic E-state index is 0.178. The van der Waals surface area contributed by atoms with Crippen molar-refractivity contribution in [3.63, 3.8) is 0 Å². The molecule has 0 bridgehead atoms. The molecule has 1 saturated heterocycles. The number of hydrogen-bond donors (Lipinski definition) is 1. The smallest absolute Gasteiger partial charge is 0.243 e. The van der Waals surface area contributed by atoms with Gasteiger partial charge in [-0.1, -0.05) is 53.3 Å². The molecule has 10 heteroatoms. The third kappa shape index (κ3) is 5.04. The summed E-state index contributed by atoms with van der Waals surface area (Å²) in [6, 6.07) is 15.0. The molecule has 4 rings (SSSR count). The van der Waals surface area contributed by atoms with Gasteiger partial charge in [-0.15, -0.1) is 10.2 Å². The molecule has 0 unspecified atom stereocenters. The average molecular weight is 472 g/mol. The highest BCUT2D eigenvalue weighted by atomic mass is 32.2. The average Bonchev–Trinajstić information content (AvgIpc) is 3.22. The van der Waals surface area contributed by atoms with Crippen LogP contribution in [0.4, 0.5) is 5.13 Å². The van der Waals surface area contributed by atoms with Crippen molar-refractivity contribution in [2.75, 3.05) is 38.0 Å². The van der Waals surface area contributed by atoms with Crippen molar-refractivity contribution in [1.29, 1.82) is 0 Å². The van der Waals surface area contributed by atoms with E-state index < -0.39 is 10.0 Å². The highest BCUT2D eigenvalue weighted by Crippen LogP contribution is 2.27. The number of nitrogens with one attached hydrogen (secondary N) is 1. The number of carbonyl (C=O) groups excluding carboxylic acids is 1. The summed E-state index contributed by atoms with van der Waals surface area (Å²) in [7, 11) is -3.53. The Balaban J connectivity index is 1.31. The second-order valence-corrected chi connectivity index (χ2v) is 10.7. The van der Waals surface area contributed by atoms with Crippen LogP contribution in [0.5, 0.6) is 0 Å². The first kappa shape index (κ1) is 22.5. The number of nitrogens with zero attached hydrogens (tertiary/aromatic N) is 4. The highest BCUT2D eigenvalue weighted by molar-refractivity contribution is 7.89. The SMILES string of the molecule is Cc1cccc(-c2nnc(NC(=O)CN3CCN(S(=O)(=O)c4ccccc4C)CC3)s2)c1. The number of benzene rings is 2. The van der Waals surface area contributed by atoms with Gasteiger partial charge in [0.05, 0.1) is 11.4 Å². The largest absolute Gasteiger partial charge is 0.299 e. The molecule has 3 aromatic rings. The number of aryl methyl sites for hydroxylation is 2. The zero-order valence-electron chi connectivity index (χ0n) is 18.0. The Morgan fingerprint density at radius 1 is 1.03 bits per heavy atom. The number of sulfonamides is 1. The monoisotopic (exact) mass is 471 g/mol. The van der Waals surface area contributed by atoms with E-state index in [9.17, 15) is 13.2 Å². The molecule has 168 valence electrons. The molecule has 1 aliphatic heterocycles. The van der Waals surface area contributed by atoms with Crippen molar-refractivity contribution in [1.82, 2.24) is 19.4 Å². The van der Waals surface area contributed by atoms with E-state index >= 15 is 0 Å². The first-order valence-electron chi connectivity index (χ1n) is 10.3. The molecule has 8 nitrogen and oxygen atoms in total. The van der Waals surface area contributed by atoms with E-state index in [1.807, 2.05) is 42.2 Å². The van der Waals surface area contributed by atoms with Crippen LogP contribution in [0.2, 0.25) is 0 Å². The summed E-state index contributed by atoms with van der Waals surface area (Å²) in [6.45, 7) is 5.66. The van der Waals surface area contributed by atoms with Gasteiger partial charge in [-0.05, 0) is 31.5 Å². The quantitative estimate of drug-likeness (QED) is 0.594. The molecule has 0 aliphatic carbocycles. The third-order valence-electron chi connectivity index (χ3n) is 5.35. The number of rotatable bonds is 6. The lowest BCUT2D eigenvalue weighted by Gasteiger charge is -2.33. The molecule has 1 fully saturated rings. The topological polar surface area (TPSA) is 95.5 Å². The zero-order valence-corrected chi connectivity index (χ0v) is 19.6. The Hall–Kier alpha value is -2.66. The fourth-order valence-corrected chi connectivity index (χ4v) is 6.05. The van der Waals surface area contributed by atoms with Crippen LogP contribution in [0, 0.1) is 13.8 Å². The molecule has 32 heavy (non-hydrogen) atoms.